The van der Waals surface area contributed by atoms with Crippen LogP contribution in [0.2, 0.25) is 0 Å². The molecule has 0 bridgehead atoms. The molecule has 3 nitrogen and oxygen atoms in total. The summed E-state index contributed by atoms with van der Waals surface area (Å²) in [4.78, 5) is 0. The van der Waals surface area contributed by atoms with Crippen molar-refractivity contribution in [2.45, 2.75) is 39.2 Å². The van der Waals surface area contributed by atoms with E-state index in [9.17, 15) is 0 Å². The minimum Gasteiger partial charge on any atom is -0.381 e. The number of hydrogen-bond donors (Lipinski definition) is 1. The largest absolute Gasteiger partial charge is 0.381 e. The van der Waals surface area contributed by atoms with Gasteiger partial charge in [-0.05, 0) is 25.8 Å². The average Bonchev–Trinajstić information content (AvgIpc) is 2.17. The van der Waals surface area contributed by atoms with Crippen LogP contribution in [-0.2, 0) is 4.74 Å². The Morgan fingerprint density at radius 3 is 2.62 bits per heavy atom. The van der Waals surface area contributed by atoms with Gasteiger partial charge in [-0.1, -0.05) is 13.8 Å². The molecule has 0 saturated carbocycles. The molecule has 76 valence electrons. The number of nitrogens with zero attached hydrogens (tertiary/aromatic N) is 1. The van der Waals surface area contributed by atoms with Gasteiger partial charge in [-0.3, -0.25) is 0 Å². The van der Waals surface area contributed by atoms with Gasteiger partial charge in [0.25, 0.3) is 0 Å². The predicted molar refractivity (Wildman–Crippen MR) is 53.4 cm³/mol. The molecule has 0 aromatic rings. The van der Waals surface area contributed by atoms with Crippen molar-refractivity contribution >= 4 is 0 Å². The van der Waals surface area contributed by atoms with Crippen LogP contribution in [0.25, 0.3) is 0 Å². The fourth-order valence-electron chi connectivity index (χ4n) is 0.978. The SMILES string of the molecule is CCCNC(C#N)CCOCCC. The first-order chi connectivity index (χ1) is 6.35. The van der Waals surface area contributed by atoms with Gasteiger partial charge in [0.1, 0.15) is 0 Å². The number of ether oxygens (including phenoxy) is 1. The molecule has 1 N–H and O–H groups in total. The molecule has 3 heteroatoms. The lowest BCUT2D eigenvalue weighted by atomic mass is 10.2. The van der Waals surface area contributed by atoms with Crippen molar-refractivity contribution in [3.8, 4) is 6.07 Å². The van der Waals surface area contributed by atoms with Crippen molar-refractivity contribution in [2.24, 2.45) is 0 Å². The Balaban J connectivity index is 3.32. The van der Waals surface area contributed by atoms with Crippen molar-refractivity contribution in [1.29, 1.82) is 5.26 Å². The molecule has 0 radical (unpaired) electrons. The minimum atomic E-state index is -0.0446. The number of nitrogens with one attached hydrogen (secondary N) is 1. The normalized spacial score (nSPS) is 12.4. The summed E-state index contributed by atoms with van der Waals surface area (Å²) in [7, 11) is 0. The van der Waals surface area contributed by atoms with Crippen LogP contribution in [-0.4, -0.2) is 25.8 Å². The number of nitriles is 1. The van der Waals surface area contributed by atoms with Gasteiger partial charge >= 0.3 is 0 Å². The summed E-state index contributed by atoms with van der Waals surface area (Å²) in [6.45, 7) is 6.56. The number of rotatable bonds is 8. The summed E-state index contributed by atoms with van der Waals surface area (Å²) in [5.41, 5.74) is 0. The molecule has 0 aliphatic heterocycles. The Morgan fingerprint density at radius 1 is 1.31 bits per heavy atom. The molecule has 1 atom stereocenters. The summed E-state index contributed by atoms with van der Waals surface area (Å²) < 4.78 is 5.30. The molecule has 0 rings (SSSR count). The molecule has 0 saturated heterocycles. The van der Waals surface area contributed by atoms with Crippen LogP contribution < -0.4 is 5.32 Å². The molecule has 0 aromatic carbocycles. The maximum Gasteiger partial charge on any atom is 0.0975 e. The van der Waals surface area contributed by atoms with Crippen molar-refractivity contribution in [3.63, 3.8) is 0 Å². The van der Waals surface area contributed by atoms with Gasteiger partial charge in [-0.2, -0.15) is 5.26 Å². The number of hydrogen-bond acceptors (Lipinski definition) is 3. The molecule has 13 heavy (non-hydrogen) atoms. The molecular formula is C10H20N2O. The van der Waals surface area contributed by atoms with Crippen molar-refractivity contribution in [1.82, 2.24) is 5.32 Å². The van der Waals surface area contributed by atoms with Crippen LogP contribution in [0.3, 0.4) is 0 Å². The van der Waals surface area contributed by atoms with E-state index in [1.165, 1.54) is 0 Å². The van der Waals surface area contributed by atoms with Crippen molar-refractivity contribution in [3.05, 3.63) is 0 Å². The van der Waals surface area contributed by atoms with Gasteiger partial charge in [0.05, 0.1) is 12.1 Å². The molecule has 0 aliphatic carbocycles. The zero-order valence-electron chi connectivity index (χ0n) is 8.68. The maximum atomic E-state index is 8.74. The van der Waals surface area contributed by atoms with Crippen LogP contribution in [0.1, 0.15) is 33.1 Å². The molecule has 0 aromatic heterocycles. The molecule has 0 amide bonds. The Morgan fingerprint density at radius 2 is 2.08 bits per heavy atom. The second-order valence-corrected chi connectivity index (χ2v) is 3.04. The highest BCUT2D eigenvalue weighted by molar-refractivity contribution is 4.89. The standard InChI is InChI=1S/C10H20N2O/c1-3-6-12-10(9-11)5-8-13-7-4-2/h10,12H,3-8H2,1-2H3. The van der Waals surface area contributed by atoms with Gasteiger partial charge in [0.15, 0.2) is 0 Å². The monoisotopic (exact) mass is 184 g/mol. The smallest absolute Gasteiger partial charge is 0.0975 e. The summed E-state index contributed by atoms with van der Waals surface area (Å²) in [6.07, 6.45) is 2.89. The lowest BCUT2D eigenvalue weighted by Gasteiger charge is -2.10. The first-order valence-corrected chi connectivity index (χ1v) is 5.05. The maximum absolute atomic E-state index is 8.74. The third kappa shape index (κ3) is 7.76. The fraction of sp³-hybridized carbons (Fsp3) is 0.900. The van der Waals surface area contributed by atoms with Gasteiger partial charge < -0.3 is 10.1 Å². The highest BCUT2D eigenvalue weighted by atomic mass is 16.5. The molecule has 0 heterocycles. The third-order valence-electron chi connectivity index (χ3n) is 1.70. The summed E-state index contributed by atoms with van der Waals surface area (Å²) in [6, 6.07) is 2.18. The highest BCUT2D eigenvalue weighted by Crippen LogP contribution is 1.92. The van der Waals surface area contributed by atoms with Gasteiger partial charge in [0.2, 0.25) is 0 Å². The molecular weight excluding hydrogens is 164 g/mol. The second kappa shape index (κ2) is 9.50. The Hall–Kier alpha value is -0.590. The lowest BCUT2D eigenvalue weighted by molar-refractivity contribution is 0.128. The molecule has 0 fully saturated rings. The van der Waals surface area contributed by atoms with E-state index in [0.29, 0.717) is 6.61 Å². The van der Waals surface area contributed by atoms with E-state index in [-0.39, 0.29) is 6.04 Å². The topological polar surface area (TPSA) is 45.0 Å². The van der Waals surface area contributed by atoms with Gasteiger partial charge in [-0.15, -0.1) is 0 Å². The second-order valence-electron chi connectivity index (χ2n) is 3.04. The van der Waals surface area contributed by atoms with Gasteiger partial charge in [0, 0.05) is 13.2 Å². The summed E-state index contributed by atoms with van der Waals surface area (Å²) in [5.74, 6) is 0. The first-order valence-electron chi connectivity index (χ1n) is 5.05. The Labute approximate surface area is 81.1 Å². The zero-order valence-corrected chi connectivity index (χ0v) is 8.68. The van der Waals surface area contributed by atoms with Crippen LogP contribution in [0, 0.1) is 11.3 Å². The van der Waals surface area contributed by atoms with Crippen LogP contribution >= 0.6 is 0 Å². The summed E-state index contributed by atoms with van der Waals surface area (Å²) >= 11 is 0. The van der Waals surface area contributed by atoms with Crippen molar-refractivity contribution in [2.75, 3.05) is 19.8 Å². The summed E-state index contributed by atoms with van der Waals surface area (Å²) in [5, 5.41) is 11.9. The highest BCUT2D eigenvalue weighted by Gasteiger charge is 2.04. The van der Waals surface area contributed by atoms with E-state index < -0.39 is 0 Å². The average molecular weight is 184 g/mol. The van der Waals surface area contributed by atoms with Crippen LogP contribution in [0.15, 0.2) is 0 Å². The lowest BCUT2D eigenvalue weighted by Crippen LogP contribution is -2.29. The fourth-order valence-corrected chi connectivity index (χ4v) is 0.978. The molecule has 1 unspecified atom stereocenters. The van der Waals surface area contributed by atoms with E-state index in [4.69, 9.17) is 10.00 Å². The van der Waals surface area contributed by atoms with E-state index in [2.05, 4.69) is 25.2 Å². The predicted octanol–water partition coefficient (Wildman–Crippen LogP) is 1.69. The molecule has 0 spiro atoms. The van der Waals surface area contributed by atoms with E-state index >= 15 is 0 Å². The third-order valence-corrected chi connectivity index (χ3v) is 1.70. The molecule has 0 aliphatic rings. The van der Waals surface area contributed by atoms with E-state index in [1.54, 1.807) is 0 Å². The minimum absolute atomic E-state index is 0.0446. The Kier molecular flexibility index (Phi) is 9.07. The van der Waals surface area contributed by atoms with Crippen molar-refractivity contribution < 1.29 is 4.74 Å². The zero-order chi connectivity index (χ0) is 9.94. The van der Waals surface area contributed by atoms with E-state index in [1.807, 2.05) is 0 Å². The van der Waals surface area contributed by atoms with Crippen LogP contribution in [0.5, 0.6) is 0 Å². The van der Waals surface area contributed by atoms with E-state index in [0.717, 1.165) is 32.4 Å². The van der Waals surface area contributed by atoms with Crippen LogP contribution in [0.4, 0.5) is 0 Å². The van der Waals surface area contributed by atoms with Gasteiger partial charge in [-0.25, -0.2) is 0 Å². The Bertz CT molecular complexity index is 142. The first kappa shape index (κ1) is 12.4. The quantitative estimate of drug-likeness (QED) is 0.584.